The van der Waals surface area contributed by atoms with Crippen LogP contribution in [0, 0.1) is 12.7 Å². The molecule has 19 heavy (non-hydrogen) atoms. The second kappa shape index (κ2) is 5.99. The molecule has 2 aromatic rings. The van der Waals surface area contributed by atoms with E-state index in [4.69, 9.17) is 23.8 Å². The highest BCUT2D eigenvalue weighted by atomic mass is 35.5. The maximum Gasteiger partial charge on any atom is 0.175 e. The zero-order chi connectivity index (χ0) is 13.8. The Hall–Kier alpha value is -1.65. The number of aryl methyl sites for hydroxylation is 1. The Labute approximate surface area is 121 Å². The molecule has 0 aliphatic carbocycles. The first-order valence-corrected chi connectivity index (χ1v) is 6.43. The number of benzene rings is 2. The van der Waals surface area contributed by atoms with Gasteiger partial charge in [0.25, 0.3) is 0 Å². The lowest BCUT2D eigenvalue weighted by atomic mass is 10.2. The van der Waals surface area contributed by atoms with E-state index in [1.807, 2.05) is 13.0 Å². The van der Waals surface area contributed by atoms with Crippen molar-refractivity contribution in [2.75, 3.05) is 10.6 Å². The lowest BCUT2D eigenvalue weighted by Crippen LogP contribution is -2.20. The fraction of sp³-hybridized carbons (Fsp3) is 0.0714. The van der Waals surface area contributed by atoms with Crippen LogP contribution in [0.5, 0.6) is 0 Å². The molecule has 2 aromatic carbocycles. The van der Waals surface area contributed by atoms with Crippen LogP contribution in [0.15, 0.2) is 42.5 Å². The van der Waals surface area contributed by atoms with Crippen molar-refractivity contribution < 1.29 is 4.39 Å². The van der Waals surface area contributed by atoms with Gasteiger partial charge in [0, 0.05) is 10.7 Å². The highest BCUT2D eigenvalue weighted by Gasteiger charge is 2.05. The molecule has 0 bridgehead atoms. The van der Waals surface area contributed by atoms with Crippen molar-refractivity contribution in [3.8, 4) is 0 Å². The van der Waals surface area contributed by atoms with E-state index < -0.39 is 0 Å². The number of rotatable bonds is 2. The molecule has 0 saturated heterocycles. The fourth-order valence-electron chi connectivity index (χ4n) is 1.57. The van der Waals surface area contributed by atoms with Crippen LogP contribution in [0.4, 0.5) is 15.8 Å². The maximum absolute atomic E-state index is 13.5. The SMILES string of the molecule is Cc1ccc(Cl)cc1NC(=S)Nc1ccccc1F. The molecule has 0 saturated carbocycles. The number of thiocarbonyl (C=S) groups is 1. The molecule has 0 aliphatic rings. The van der Waals surface area contributed by atoms with Gasteiger partial charge < -0.3 is 10.6 Å². The van der Waals surface area contributed by atoms with Gasteiger partial charge in [-0.3, -0.25) is 0 Å². The number of nitrogens with one attached hydrogen (secondary N) is 2. The number of hydrogen-bond acceptors (Lipinski definition) is 1. The van der Waals surface area contributed by atoms with Crippen LogP contribution in [0.1, 0.15) is 5.56 Å². The second-order valence-corrected chi connectivity index (χ2v) is 4.86. The van der Waals surface area contributed by atoms with Crippen LogP contribution in [-0.2, 0) is 0 Å². The van der Waals surface area contributed by atoms with E-state index in [0.29, 0.717) is 15.8 Å². The summed E-state index contributed by atoms with van der Waals surface area (Å²) in [6.45, 7) is 1.93. The fourth-order valence-corrected chi connectivity index (χ4v) is 1.96. The summed E-state index contributed by atoms with van der Waals surface area (Å²) in [5.74, 6) is -0.352. The zero-order valence-electron chi connectivity index (χ0n) is 10.2. The molecule has 2 N–H and O–H groups in total. The molecule has 2 rings (SSSR count). The van der Waals surface area contributed by atoms with Crippen LogP contribution in [0.2, 0.25) is 5.02 Å². The zero-order valence-corrected chi connectivity index (χ0v) is 11.8. The minimum atomic E-state index is -0.352. The lowest BCUT2D eigenvalue weighted by molar-refractivity contribution is 0.632. The van der Waals surface area contributed by atoms with Gasteiger partial charge in [0.1, 0.15) is 5.82 Å². The van der Waals surface area contributed by atoms with E-state index in [2.05, 4.69) is 10.6 Å². The van der Waals surface area contributed by atoms with E-state index in [1.54, 1.807) is 30.3 Å². The first-order chi connectivity index (χ1) is 9.06. The Morgan fingerprint density at radius 3 is 2.53 bits per heavy atom. The predicted molar refractivity (Wildman–Crippen MR) is 82.4 cm³/mol. The number of para-hydroxylation sites is 1. The van der Waals surface area contributed by atoms with E-state index >= 15 is 0 Å². The number of hydrogen-bond donors (Lipinski definition) is 2. The third-order valence-electron chi connectivity index (χ3n) is 2.57. The summed E-state index contributed by atoms with van der Waals surface area (Å²) in [6, 6.07) is 11.8. The molecular weight excluding hydrogens is 283 g/mol. The van der Waals surface area contributed by atoms with Gasteiger partial charge in [-0.15, -0.1) is 0 Å². The molecule has 0 spiro atoms. The molecule has 0 aliphatic heterocycles. The lowest BCUT2D eigenvalue weighted by Gasteiger charge is -2.13. The molecule has 98 valence electrons. The van der Waals surface area contributed by atoms with Crippen molar-refractivity contribution in [3.63, 3.8) is 0 Å². The first kappa shape index (κ1) is 13.8. The summed E-state index contributed by atoms with van der Waals surface area (Å²) in [4.78, 5) is 0. The van der Waals surface area contributed by atoms with Crippen molar-refractivity contribution >= 4 is 40.3 Å². The maximum atomic E-state index is 13.5. The van der Waals surface area contributed by atoms with Crippen LogP contribution < -0.4 is 10.6 Å². The average molecular weight is 295 g/mol. The molecule has 0 radical (unpaired) electrons. The van der Waals surface area contributed by atoms with Crippen LogP contribution in [0.3, 0.4) is 0 Å². The summed E-state index contributed by atoms with van der Waals surface area (Å²) in [5, 5.41) is 6.73. The predicted octanol–water partition coefficient (Wildman–Crippen LogP) is 4.60. The molecule has 0 amide bonds. The molecule has 0 unspecified atom stereocenters. The Morgan fingerprint density at radius 2 is 1.79 bits per heavy atom. The Kier molecular flexibility index (Phi) is 4.35. The Morgan fingerprint density at radius 1 is 1.11 bits per heavy atom. The van der Waals surface area contributed by atoms with Gasteiger partial charge in [0.05, 0.1) is 5.69 Å². The molecular formula is C14H12ClFN2S. The van der Waals surface area contributed by atoms with Crippen molar-refractivity contribution in [1.29, 1.82) is 0 Å². The van der Waals surface area contributed by atoms with Crippen LogP contribution >= 0.6 is 23.8 Å². The summed E-state index contributed by atoms with van der Waals surface area (Å²) in [6.07, 6.45) is 0. The highest BCUT2D eigenvalue weighted by Crippen LogP contribution is 2.20. The van der Waals surface area contributed by atoms with Crippen LogP contribution in [0.25, 0.3) is 0 Å². The molecule has 0 atom stereocenters. The van der Waals surface area contributed by atoms with Gasteiger partial charge in [-0.1, -0.05) is 29.8 Å². The summed E-state index contributed by atoms with van der Waals surface area (Å²) < 4.78 is 13.5. The topological polar surface area (TPSA) is 24.1 Å². The van der Waals surface area contributed by atoms with Crippen LogP contribution in [-0.4, -0.2) is 5.11 Å². The largest absolute Gasteiger partial charge is 0.332 e. The third-order valence-corrected chi connectivity index (χ3v) is 3.01. The second-order valence-electron chi connectivity index (χ2n) is 4.02. The molecule has 0 heterocycles. The number of halogens is 2. The first-order valence-electron chi connectivity index (χ1n) is 5.65. The molecule has 5 heteroatoms. The van der Waals surface area contributed by atoms with Crippen molar-refractivity contribution in [3.05, 3.63) is 58.9 Å². The summed E-state index contributed by atoms with van der Waals surface area (Å²) >= 11 is 11.1. The molecule has 0 aromatic heterocycles. The minimum absolute atomic E-state index is 0.315. The van der Waals surface area contributed by atoms with E-state index in [-0.39, 0.29) is 5.82 Å². The molecule has 0 fully saturated rings. The monoisotopic (exact) mass is 294 g/mol. The van der Waals surface area contributed by atoms with Gasteiger partial charge in [-0.05, 0) is 49.0 Å². The van der Waals surface area contributed by atoms with Crippen molar-refractivity contribution in [2.24, 2.45) is 0 Å². The van der Waals surface area contributed by atoms with Gasteiger partial charge in [-0.2, -0.15) is 0 Å². The van der Waals surface area contributed by atoms with Gasteiger partial charge in [0.2, 0.25) is 0 Å². The van der Waals surface area contributed by atoms with E-state index in [0.717, 1.165) is 11.3 Å². The van der Waals surface area contributed by atoms with Gasteiger partial charge in [-0.25, -0.2) is 4.39 Å². The van der Waals surface area contributed by atoms with Crippen molar-refractivity contribution in [2.45, 2.75) is 6.92 Å². The summed E-state index contributed by atoms with van der Waals surface area (Å²) in [5.41, 5.74) is 2.13. The highest BCUT2D eigenvalue weighted by molar-refractivity contribution is 7.80. The quantitative estimate of drug-likeness (QED) is 0.792. The Balaban J connectivity index is 2.10. The minimum Gasteiger partial charge on any atom is -0.332 e. The standard InChI is InChI=1S/C14H12ClFN2S/c1-9-6-7-10(15)8-13(9)18-14(19)17-12-5-3-2-4-11(12)16/h2-8H,1H3,(H2,17,18,19). The summed E-state index contributed by atoms with van der Waals surface area (Å²) in [7, 11) is 0. The average Bonchev–Trinajstić information content (AvgIpc) is 2.37. The van der Waals surface area contributed by atoms with Gasteiger partial charge >= 0.3 is 0 Å². The van der Waals surface area contributed by atoms with Gasteiger partial charge in [0.15, 0.2) is 5.11 Å². The third kappa shape index (κ3) is 3.66. The van der Waals surface area contributed by atoms with Crippen molar-refractivity contribution in [1.82, 2.24) is 0 Å². The van der Waals surface area contributed by atoms with E-state index in [9.17, 15) is 4.39 Å². The smallest absolute Gasteiger partial charge is 0.175 e. The normalized spacial score (nSPS) is 10.1. The molecule has 2 nitrogen and oxygen atoms in total. The number of anilines is 2. The Bertz CT molecular complexity index is 616. The van der Waals surface area contributed by atoms with E-state index in [1.165, 1.54) is 6.07 Å².